The second-order valence-electron chi connectivity index (χ2n) is 3.70. The van der Waals surface area contributed by atoms with Gasteiger partial charge in [0.15, 0.2) is 0 Å². The summed E-state index contributed by atoms with van der Waals surface area (Å²) in [5.74, 6) is 0.787. The maximum Gasteiger partial charge on any atom is 0.144 e. The molecule has 0 saturated carbocycles. The Bertz CT molecular complexity index is 326. The third-order valence-corrected chi connectivity index (χ3v) is 2.56. The van der Waals surface area contributed by atoms with Crippen LogP contribution in [0.15, 0.2) is 18.2 Å². The Labute approximate surface area is 98.2 Å². The van der Waals surface area contributed by atoms with Gasteiger partial charge >= 0.3 is 0 Å². The second-order valence-corrected chi connectivity index (χ2v) is 3.70. The number of rotatable bonds is 6. The van der Waals surface area contributed by atoms with E-state index in [0.717, 1.165) is 36.6 Å². The Balaban J connectivity index is 2.98. The van der Waals surface area contributed by atoms with Gasteiger partial charge in [-0.25, -0.2) is 0 Å². The van der Waals surface area contributed by atoms with Gasteiger partial charge in [0, 0.05) is 13.1 Å². The summed E-state index contributed by atoms with van der Waals surface area (Å²) in [6.07, 6.45) is 1.12. The second kappa shape index (κ2) is 6.26. The molecule has 0 unspecified atom stereocenters. The first-order chi connectivity index (χ1) is 7.74. The summed E-state index contributed by atoms with van der Waals surface area (Å²) in [6, 6.07) is 5.97. The van der Waals surface area contributed by atoms with Crippen molar-refractivity contribution >= 4 is 11.4 Å². The van der Waals surface area contributed by atoms with Crippen LogP contribution in [0.2, 0.25) is 0 Å². The first-order valence-electron chi connectivity index (χ1n) is 6.00. The normalized spacial score (nSPS) is 10.2. The SMILES string of the molecule is CCCN(CC)c1cccc(OCC)c1N. The molecule has 0 bridgehead atoms. The van der Waals surface area contributed by atoms with Gasteiger partial charge in [-0.3, -0.25) is 0 Å². The van der Waals surface area contributed by atoms with Crippen LogP contribution in [0.1, 0.15) is 27.2 Å². The van der Waals surface area contributed by atoms with Crippen molar-refractivity contribution in [3.63, 3.8) is 0 Å². The Kier molecular flexibility index (Phi) is 4.96. The number of nitrogens with two attached hydrogens (primary N) is 1. The van der Waals surface area contributed by atoms with Crippen molar-refractivity contribution < 1.29 is 4.74 Å². The molecule has 0 fully saturated rings. The average Bonchev–Trinajstić information content (AvgIpc) is 2.30. The molecule has 1 rings (SSSR count). The van der Waals surface area contributed by atoms with Gasteiger partial charge in [-0.2, -0.15) is 0 Å². The van der Waals surface area contributed by atoms with Crippen molar-refractivity contribution in [2.75, 3.05) is 30.3 Å². The number of hydrogen-bond acceptors (Lipinski definition) is 3. The van der Waals surface area contributed by atoms with E-state index in [1.165, 1.54) is 0 Å². The minimum absolute atomic E-state index is 0.646. The van der Waals surface area contributed by atoms with E-state index in [0.29, 0.717) is 6.61 Å². The van der Waals surface area contributed by atoms with Crippen molar-refractivity contribution in [1.82, 2.24) is 0 Å². The summed E-state index contributed by atoms with van der Waals surface area (Å²) >= 11 is 0. The topological polar surface area (TPSA) is 38.5 Å². The summed E-state index contributed by atoms with van der Waals surface area (Å²) in [4.78, 5) is 2.28. The fourth-order valence-corrected chi connectivity index (χ4v) is 1.81. The Hall–Kier alpha value is -1.38. The van der Waals surface area contributed by atoms with E-state index in [4.69, 9.17) is 10.5 Å². The highest BCUT2D eigenvalue weighted by molar-refractivity contribution is 5.74. The molecule has 3 heteroatoms. The minimum Gasteiger partial charge on any atom is -0.492 e. The largest absolute Gasteiger partial charge is 0.492 e. The van der Waals surface area contributed by atoms with E-state index in [1.54, 1.807) is 0 Å². The lowest BCUT2D eigenvalue weighted by atomic mass is 10.2. The molecule has 0 spiro atoms. The number of anilines is 2. The van der Waals surface area contributed by atoms with Gasteiger partial charge in [-0.15, -0.1) is 0 Å². The van der Waals surface area contributed by atoms with Crippen LogP contribution in [-0.2, 0) is 0 Å². The van der Waals surface area contributed by atoms with Crippen LogP contribution in [0.3, 0.4) is 0 Å². The maximum atomic E-state index is 6.11. The highest BCUT2D eigenvalue weighted by Crippen LogP contribution is 2.32. The zero-order chi connectivity index (χ0) is 12.0. The number of nitrogens with zero attached hydrogens (tertiary/aromatic N) is 1. The van der Waals surface area contributed by atoms with Crippen molar-refractivity contribution in [3.05, 3.63) is 18.2 Å². The number of para-hydroxylation sites is 1. The van der Waals surface area contributed by atoms with Gasteiger partial charge in [0.25, 0.3) is 0 Å². The Morgan fingerprint density at radius 1 is 1.25 bits per heavy atom. The van der Waals surface area contributed by atoms with Crippen LogP contribution < -0.4 is 15.4 Å². The molecule has 0 atom stereocenters. The summed E-state index contributed by atoms with van der Waals surface area (Å²) < 4.78 is 5.50. The maximum absolute atomic E-state index is 6.11. The molecule has 0 aromatic heterocycles. The molecular weight excluding hydrogens is 200 g/mol. The fraction of sp³-hybridized carbons (Fsp3) is 0.538. The summed E-state index contributed by atoms with van der Waals surface area (Å²) in [6.45, 7) is 8.92. The van der Waals surface area contributed by atoms with E-state index in [2.05, 4.69) is 24.8 Å². The highest BCUT2D eigenvalue weighted by Gasteiger charge is 2.10. The third-order valence-electron chi connectivity index (χ3n) is 2.56. The van der Waals surface area contributed by atoms with Gasteiger partial charge in [0.2, 0.25) is 0 Å². The molecule has 2 N–H and O–H groups in total. The van der Waals surface area contributed by atoms with E-state index < -0.39 is 0 Å². The zero-order valence-electron chi connectivity index (χ0n) is 10.5. The standard InChI is InChI=1S/C13H22N2O/c1-4-10-15(5-2)11-8-7-9-12(13(11)14)16-6-3/h7-9H,4-6,10,14H2,1-3H3. The third kappa shape index (κ3) is 2.81. The number of ether oxygens (including phenoxy) is 1. The van der Waals surface area contributed by atoms with Crippen LogP contribution in [-0.4, -0.2) is 19.7 Å². The van der Waals surface area contributed by atoms with Gasteiger partial charge in [0.1, 0.15) is 5.75 Å². The first kappa shape index (κ1) is 12.7. The Morgan fingerprint density at radius 2 is 2.00 bits per heavy atom. The van der Waals surface area contributed by atoms with Crippen LogP contribution in [0.4, 0.5) is 11.4 Å². The molecule has 0 saturated heterocycles. The average molecular weight is 222 g/mol. The van der Waals surface area contributed by atoms with E-state index >= 15 is 0 Å². The van der Waals surface area contributed by atoms with Gasteiger partial charge in [-0.1, -0.05) is 13.0 Å². The monoisotopic (exact) mass is 222 g/mol. The van der Waals surface area contributed by atoms with E-state index in [-0.39, 0.29) is 0 Å². The smallest absolute Gasteiger partial charge is 0.144 e. The number of nitrogen functional groups attached to an aromatic ring is 1. The predicted molar refractivity (Wildman–Crippen MR) is 70.2 cm³/mol. The molecule has 16 heavy (non-hydrogen) atoms. The molecule has 0 amide bonds. The molecule has 0 heterocycles. The van der Waals surface area contributed by atoms with E-state index in [1.807, 2.05) is 19.1 Å². The van der Waals surface area contributed by atoms with Crippen molar-refractivity contribution in [2.24, 2.45) is 0 Å². The van der Waals surface area contributed by atoms with Gasteiger partial charge < -0.3 is 15.4 Å². The highest BCUT2D eigenvalue weighted by atomic mass is 16.5. The molecule has 90 valence electrons. The summed E-state index contributed by atoms with van der Waals surface area (Å²) in [5.41, 5.74) is 7.94. The zero-order valence-corrected chi connectivity index (χ0v) is 10.5. The predicted octanol–water partition coefficient (Wildman–Crippen LogP) is 2.90. The van der Waals surface area contributed by atoms with Crippen LogP contribution in [0.5, 0.6) is 5.75 Å². The Morgan fingerprint density at radius 3 is 2.56 bits per heavy atom. The fourth-order valence-electron chi connectivity index (χ4n) is 1.81. The molecule has 1 aromatic carbocycles. The van der Waals surface area contributed by atoms with Crippen LogP contribution >= 0.6 is 0 Å². The number of benzene rings is 1. The van der Waals surface area contributed by atoms with Crippen molar-refractivity contribution in [1.29, 1.82) is 0 Å². The minimum atomic E-state index is 0.646. The summed E-state index contributed by atoms with van der Waals surface area (Å²) in [5, 5.41) is 0. The van der Waals surface area contributed by atoms with Crippen molar-refractivity contribution in [3.8, 4) is 5.75 Å². The quantitative estimate of drug-likeness (QED) is 0.752. The number of hydrogen-bond donors (Lipinski definition) is 1. The van der Waals surface area contributed by atoms with Gasteiger partial charge in [0.05, 0.1) is 18.0 Å². The molecule has 0 aliphatic carbocycles. The van der Waals surface area contributed by atoms with Crippen molar-refractivity contribution in [2.45, 2.75) is 27.2 Å². The lowest BCUT2D eigenvalue weighted by molar-refractivity contribution is 0.342. The molecule has 0 aliphatic rings. The first-order valence-corrected chi connectivity index (χ1v) is 6.00. The summed E-state index contributed by atoms with van der Waals surface area (Å²) in [7, 11) is 0. The lowest BCUT2D eigenvalue weighted by Gasteiger charge is -2.24. The molecular formula is C13H22N2O. The lowest BCUT2D eigenvalue weighted by Crippen LogP contribution is -2.24. The molecule has 0 aliphatic heterocycles. The molecule has 1 aromatic rings. The van der Waals surface area contributed by atoms with Crippen LogP contribution in [0.25, 0.3) is 0 Å². The van der Waals surface area contributed by atoms with Crippen LogP contribution in [0, 0.1) is 0 Å². The molecule has 3 nitrogen and oxygen atoms in total. The van der Waals surface area contributed by atoms with E-state index in [9.17, 15) is 0 Å². The molecule has 0 radical (unpaired) electrons. The van der Waals surface area contributed by atoms with Gasteiger partial charge in [-0.05, 0) is 32.4 Å².